The minimum atomic E-state index is -0.795. The van der Waals surface area contributed by atoms with Crippen LogP contribution in [0, 0.1) is 11.3 Å². The predicted octanol–water partition coefficient (Wildman–Crippen LogP) is 4.14. The van der Waals surface area contributed by atoms with Crippen molar-refractivity contribution in [2.45, 2.75) is 37.6 Å². The third-order valence-electron chi connectivity index (χ3n) is 6.98. The van der Waals surface area contributed by atoms with Crippen molar-refractivity contribution >= 4 is 29.1 Å². The molecule has 0 radical (unpaired) electrons. The van der Waals surface area contributed by atoms with Gasteiger partial charge in [0.25, 0.3) is 0 Å². The van der Waals surface area contributed by atoms with Gasteiger partial charge in [-0.2, -0.15) is 0 Å². The van der Waals surface area contributed by atoms with Crippen LogP contribution >= 0.6 is 23.2 Å². The number of rotatable bonds is 6. The zero-order chi connectivity index (χ0) is 22.2. The molecule has 0 bridgehead atoms. The molecule has 1 saturated heterocycles. The normalized spacial score (nSPS) is 30.0. The molecule has 0 spiro atoms. The second-order valence-electron chi connectivity index (χ2n) is 8.58. The molecule has 4 rings (SSSR count). The van der Waals surface area contributed by atoms with E-state index in [2.05, 4.69) is 5.32 Å². The SMILES string of the molecule is C[C@H]1NC(=O)[C@]2(CO)CC[C@@H](c3ccc(OCCO)cc3Cl)[C@H](c3ccc(Cl)cc3)[C@H]12. The van der Waals surface area contributed by atoms with E-state index in [0.717, 1.165) is 17.5 Å². The van der Waals surface area contributed by atoms with E-state index in [1.165, 1.54) is 0 Å². The van der Waals surface area contributed by atoms with Gasteiger partial charge in [-0.05, 0) is 67.0 Å². The molecule has 31 heavy (non-hydrogen) atoms. The van der Waals surface area contributed by atoms with Crippen molar-refractivity contribution in [1.29, 1.82) is 0 Å². The van der Waals surface area contributed by atoms with Crippen molar-refractivity contribution in [3.8, 4) is 5.75 Å². The number of nitrogens with one attached hydrogen (secondary N) is 1. The molecule has 2 fully saturated rings. The van der Waals surface area contributed by atoms with Crippen LogP contribution in [0.1, 0.15) is 42.7 Å². The second-order valence-corrected chi connectivity index (χ2v) is 9.42. The van der Waals surface area contributed by atoms with E-state index in [-0.39, 0.29) is 49.5 Å². The highest BCUT2D eigenvalue weighted by molar-refractivity contribution is 6.31. The number of benzene rings is 2. The highest BCUT2D eigenvalue weighted by Gasteiger charge is 2.60. The standard InChI is InChI=1S/C24H27Cl2NO4/c1-14-22-21(15-2-4-16(25)5-3-15)19(8-9-24(22,13-29)23(30)27-14)18-7-6-17(12-20(18)26)31-11-10-28/h2-7,12,14,19,21-22,28-29H,8-11,13H2,1H3,(H,27,30)/t14-,19+,21+,22+,24+/m1/s1. The topological polar surface area (TPSA) is 78.8 Å². The molecule has 3 N–H and O–H groups in total. The third-order valence-corrected chi connectivity index (χ3v) is 7.56. The summed E-state index contributed by atoms with van der Waals surface area (Å²) in [4.78, 5) is 12.9. The Kier molecular flexibility index (Phi) is 6.50. The largest absolute Gasteiger partial charge is 0.491 e. The third kappa shape index (κ3) is 3.93. The molecule has 5 atom stereocenters. The van der Waals surface area contributed by atoms with E-state index < -0.39 is 5.41 Å². The summed E-state index contributed by atoms with van der Waals surface area (Å²) in [7, 11) is 0. The summed E-state index contributed by atoms with van der Waals surface area (Å²) in [6.07, 6.45) is 1.32. The first-order valence-electron chi connectivity index (χ1n) is 10.6. The van der Waals surface area contributed by atoms with Gasteiger partial charge in [0.2, 0.25) is 5.91 Å². The van der Waals surface area contributed by atoms with Crippen molar-refractivity contribution in [2.75, 3.05) is 19.8 Å². The van der Waals surface area contributed by atoms with Crippen molar-refractivity contribution in [3.63, 3.8) is 0 Å². The predicted molar refractivity (Wildman–Crippen MR) is 121 cm³/mol. The monoisotopic (exact) mass is 463 g/mol. The Morgan fingerprint density at radius 2 is 1.90 bits per heavy atom. The minimum Gasteiger partial charge on any atom is -0.491 e. The van der Waals surface area contributed by atoms with Crippen LogP contribution < -0.4 is 10.1 Å². The average molecular weight is 464 g/mol. The molecule has 166 valence electrons. The molecule has 1 aliphatic heterocycles. The number of amides is 1. The number of aliphatic hydroxyl groups is 2. The van der Waals surface area contributed by atoms with Gasteiger partial charge in [0.15, 0.2) is 0 Å². The lowest BCUT2D eigenvalue weighted by Crippen LogP contribution is -2.46. The number of hydrogen-bond donors (Lipinski definition) is 3. The summed E-state index contributed by atoms with van der Waals surface area (Å²) < 4.78 is 5.50. The van der Waals surface area contributed by atoms with Gasteiger partial charge < -0.3 is 20.3 Å². The number of carbonyl (C=O) groups is 1. The van der Waals surface area contributed by atoms with Gasteiger partial charge in [-0.15, -0.1) is 0 Å². The molecule has 5 nitrogen and oxygen atoms in total. The van der Waals surface area contributed by atoms with Crippen LogP contribution in [0.2, 0.25) is 10.0 Å². The number of ether oxygens (including phenoxy) is 1. The molecule has 0 unspecified atom stereocenters. The van der Waals surface area contributed by atoms with Crippen LogP contribution in [-0.2, 0) is 4.79 Å². The lowest BCUT2D eigenvalue weighted by atomic mass is 9.55. The van der Waals surface area contributed by atoms with Gasteiger partial charge in [-0.1, -0.05) is 41.4 Å². The van der Waals surface area contributed by atoms with Crippen molar-refractivity contribution in [3.05, 3.63) is 63.6 Å². The van der Waals surface area contributed by atoms with E-state index >= 15 is 0 Å². The summed E-state index contributed by atoms with van der Waals surface area (Å²) >= 11 is 12.8. The van der Waals surface area contributed by atoms with Crippen molar-refractivity contribution < 1.29 is 19.7 Å². The van der Waals surface area contributed by atoms with Crippen LogP contribution in [0.25, 0.3) is 0 Å². The van der Waals surface area contributed by atoms with Gasteiger partial charge in [-0.25, -0.2) is 0 Å². The van der Waals surface area contributed by atoms with Gasteiger partial charge in [0.05, 0.1) is 18.6 Å². The van der Waals surface area contributed by atoms with Crippen molar-refractivity contribution in [1.82, 2.24) is 5.32 Å². The van der Waals surface area contributed by atoms with Crippen LogP contribution in [0.4, 0.5) is 0 Å². The summed E-state index contributed by atoms with van der Waals surface area (Å²) in [5.41, 5.74) is 1.28. The zero-order valence-corrected chi connectivity index (χ0v) is 18.9. The van der Waals surface area contributed by atoms with Crippen LogP contribution in [0.3, 0.4) is 0 Å². The molecule has 1 aliphatic carbocycles. The Morgan fingerprint density at radius 3 is 2.55 bits per heavy atom. The zero-order valence-electron chi connectivity index (χ0n) is 17.4. The number of halogens is 2. The Bertz CT molecular complexity index is 951. The first kappa shape index (κ1) is 22.4. The summed E-state index contributed by atoms with van der Waals surface area (Å²) in [6.45, 7) is 1.98. The smallest absolute Gasteiger partial charge is 0.229 e. The Hall–Kier alpha value is -1.79. The Balaban J connectivity index is 1.79. The molecule has 1 saturated carbocycles. The quantitative estimate of drug-likeness (QED) is 0.601. The fraction of sp³-hybridized carbons (Fsp3) is 0.458. The Labute approximate surface area is 192 Å². The van der Waals surface area contributed by atoms with E-state index in [0.29, 0.717) is 22.2 Å². The summed E-state index contributed by atoms with van der Waals surface area (Å²) in [5.74, 6) is 0.515. The van der Waals surface area contributed by atoms with E-state index in [1.807, 2.05) is 43.3 Å². The first-order valence-corrected chi connectivity index (χ1v) is 11.4. The molecule has 2 aliphatic rings. The number of hydrogen-bond acceptors (Lipinski definition) is 4. The highest BCUT2D eigenvalue weighted by atomic mass is 35.5. The molecule has 2 aromatic rings. The molecular weight excluding hydrogens is 437 g/mol. The lowest BCUT2D eigenvalue weighted by molar-refractivity contribution is -0.134. The number of aliphatic hydroxyl groups excluding tert-OH is 2. The van der Waals surface area contributed by atoms with Crippen LogP contribution in [0.15, 0.2) is 42.5 Å². The molecular formula is C24H27Cl2NO4. The summed E-state index contributed by atoms with van der Waals surface area (Å²) in [6, 6.07) is 13.3. The molecule has 7 heteroatoms. The minimum absolute atomic E-state index is 0.0196. The van der Waals surface area contributed by atoms with E-state index in [1.54, 1.807) is 6.07 Å². The lowest BCUT2D eigenvalue weighted by Gasteiger charge is -2.47. The Morgan fingerprint density at radius 1 is 1.16 bits per heavy atom. The van der Waals surface area contributed by atoms with Gasteiger partial charge >= 0.3 is 0 Å². The fourth-order valence-corrected chi connectivity index (χ4v) is 6.08. The average Bonchev–Trinajstić information content (AvgIpc) is 3.03. The van der Waals surface area contributed by atoms with Crippen LogP contribution in [0.5, 0.6) is 5.75 Å². The first-order chi connectivity index (χ1) is 14.9. The summed E-state index contributed by atoms with van der Waals surface area (Å²) in [5, 5.41) is 23.7. The van der Waals surface area contributed by atoms with Gasteiger partial charge in [-0.3, -0.25) is 4.79 Å². The molecule has 1 amide bonds. The maximum atomic E-state index is 12.9. The van der Waals surface area contributed by atoms with Gasteiger partial charge in [0, 0.05) is 22.0 Å². The van der Waals surface area contributed by atoms with E-state index in [9.17, 15) is 9.90 Å². The molecule has 2 aromatic carbocycles. The number of fused-ring (bicyclic) bond motifs is 1. The molecule has 1 heterocycles. The molecule has 0 aromatic heterocycles. The highest BCUT2D eigenvalue weighted by Crippen LogP contribution is 2.59. The fourth-order valence-electron chi connectivity index (χ4n) is 5.64. The maximum absolute atomic E-state index is 12.9. The van der Waals surface area contributed by atoms with Crippen molar-refractivity contribution in [2.24, 2.45) is 11.3 Å². The van der Waals surface area contributed by atoms with Gasteiger partial charge in [0.1, 0.15) is 12.4 Å². The van der Waals surface area contributed by atoms with E-state index in [4.69, 9.17) is 33.0 Å². The van der Waals surface area contributed by atoms with Crippen LogP contribution in [-0.4, -0.2) is 42.0 Å². The maximum Gasteiger partial charge on any atom is 0.229 e. The second kappa shape index (κ2) is 8.99. The number of carbonyl (C=O) groups excluding carboxylic acids is 1.